The predicted molar refractivity (Wildman–Crippen MR) is 164 cm³/mol. The van der Waals surface area contributed by atoms with Crippen LogP contribution in [0.1, 0.15) is 43.5 Å². The highest BCUT2D eigenvalue weighted by Gasteiger charge is 2.32. The number of hydrogen-bond acceptors (Lipinski definition) is 6. The molecule has 1 N–H and O–H groups in total. The van der Waals surface area contributed by atoms with Gasteiger partial charge >= 0.3 is 0 Å². The third kappa shape index (κ3) is 5.85. The average molecular weight is 588 g/mol. The first-order valence-corrected chi connectivity index (χ1v) is 14.4. The third-order valence-electron chi connectivity index (χ3n) is 6.59. The maximum Gasteiger partial charge on any atom is 0.271 e. The van der Waals surface area contributed by atoms with Crippen LogP contribution in [-0.4, -0.2) is 23.7 Å². The van der Waals surface area contributed by atoms with Crippen LogP contribution >= 0.6 is 22.9 Å². The molecule has 4 aromatic rings. The summed E-state index contributed by atoms with van der Waals surface area (Å²) in [6.45, 7) is 7.61. The molecule has 0 fully saturated rings. The van der Waals surface area contributed by atoms with E-state index in [1.54, 1.807) is 36.8 Å². The summed E-state index contributed by atoms with van der Waals surface area (Å²) in [5.41, 5.74) is 3.94. The molecule has 1 aromatic heterocycles. The zero-order chi connectivity index (χ0) is 29.3. The van der Waals surface area contributed by atoms with Gasteiger partial charge in [0.05, 0.1) is 40.1 Å². The highest BCUT2D eigenvalue weighted by atomic mass is 35.5. The Morgan fingerprint density at radius 1 is 1.10 bits per heavy atom. The monoisotopic (exact) mass is 587 g/mol. The van der Waals surface area contributed by atoms with Gasteiger partial charge in [0.2, 0.25) is 0 Å². The molecular formula is C32H30ClN3O4S. The molecule has 2 heterocycles. The van der Waals surface area contributed by atoms with E-state index in [-0.39, 0.29) is 17.6 Å². The van der Waals surface area contributed by atoms with Gasteiger partial charge in [-0.05, 0) is 69.2 Å². The number of aryl methyl sites for hydroxylation is 1. The van der Waals surface area contributed by atoms with Crippen molar-refractivity contribution in [1.29, 1.82) is 0 Å². The van der Waals surface area contributed by atoms with Crippen LogP contribution in [0.5, 0.6) is 11.5 Å². The second-order valence-electron chi connectivity index (χ2n) is 10.0. The molecule has 1 amide bonds. The molecule has 3 aromatic carbocycles. The number of aromatic nitrogens is 1. The van der Waals surface area contributed by atoms with E-state index < -0.39 is 6.04 Å². The fourth-order valence-electron chi connectivity index (χ4n) is 4.72. The maximum absolute atomic E-state index is 14.0. The molecule has 0 radical (unpaired) electrons. The number of ether oxygens (including phenoxy) is 2. The number of carbonyl (C=O) groups excluding carboxylic acids is 1. The van der Waals surface area contributed by atoms with Gasteiger partial charge in [-0.1, -0.05) is 71.0 Å². The lowest BCUT2D eigenvalue weighted by Gasteiger charge is -2.25. The van der Waals surface area contributed by atoms with Crippen molar-refractivity contribution >= 4 is 40.6 Å². The van der Waals surface area contributed by atoms with Crippen molar-refractivity contribution in [3.05, 3.63) is 119 Å². The molecule has 0 spiro atoms. The van der Waals surface area contributed by atoms with Gasteiger partial charge in [-0.15, -0.1) is 0 Å². The van der Waals surface area contributed by atoms with Crippen LogP contribution in [0, 0.1) is 6.92 Å². The molecule has 0 aliphatic carbocycles. The van der Waals surface area contributed by atoms with Gasteiger partial charge in [-0.25, -0.2) is 4.99 Å². The van der Waals surface area contributed by atoms with Crippen LogP contribution in [0.2, 0.25) is 5.02 Å². The molecule has 0 bridgehead atoms. The standard InChI is InChI=1S/C32H30ClN3O4S/c1-18(2)40-29-24(33)15-21(16-25(29)39-5)17-26-31(38)36-28(22-13-11-19(3)12-14-22)27(20(4)34-32(36)41-26)30(37)35-23-9-7-6-8-10-23/h6-18,28H,1-5H3,(H,35,37)/b26-17-/t28-/m1/s1. The molecule has 1 aliphatic heterocycles. The number of nitrogens with one attached hydrogen (secondary N) is 1. The van der Waals surface area contributed by atoms with Crippen molar-refractivity contribution in [2.45, 2.75) is 39.8 Å². The van der Waals surface area contributed by atoms with Crippen molar-refractivity contribution < 1.29 is 14.3 Å². The number of allylic oxidation sites excluding steroid dienone is 1. The summed E-state index contributed by atoms with van der Waals surface area (Å²) in [5, 5.41) is 3.35. The van der Waals surface area contributed by atoms with Gasteiger partial charge in [0.25, 0.3) is 11.5 Å². The second kappa shape index (κ2) is 11.8. The van der Waals surface area contributed by atoms with Gasteiger partial charge < -0.3 is 14.8 Å². The lowest BCUT2D eigenvalue weighted by Crippen LogP contribution is -2.40. The van der Waals surface area contributed by atoms with E-state index in [4.69, 9.17) is 26.1 Å². The summed E-state index contributed by atoms with van der Waals surface area (Å²) < 4.78 is 13.4. The van der Waals surface area contributed by atoms with Crippen LogP contribution in [0.4, 0.5) is 5.69 Å². The smallest absolute Gasteiger partial charge is 0.271 e. The number of thiazole rings is 1. The SMILES string of the molecule is COc1cc(/C=c2\sc3n(c2=O)[C@H](c2ccc(C)cc2)C(C(=O)Nc2ccccc2)=C(C)N=3)cc(Cl)c1OC(C)C. The quantitative estimate of drug-likeness (QED) is 0.304. The third-order valence-corrected chi connectivity index (χ3v) is 7.86. The molecule has 41 heavy (non-hydrogen) atoms. The van der Waals surface area contributed by atoms with Crippen molar-refractivity contribution in [2.75, 3.05) is 12.4 Å². The van der Waals surface area contributed by atoms with E-state index in [0.29, 0.717) is 48.4 Å². The maximum atomic E-state index is 14.0. The Morgan fingerprint density at radius 3 is 2.46 bits per heavy atom. The molecule has 1 atom stereocenters. The number of fused-ring (bicyclic) bond motifs is 1. The Labute approximate surface area is 247 Å². The molecule has 0 unspecified atom stereocenters. The summed E-state index contributed by atoms with van der Waals surface area (Å²) in [6.07, 6.45) is 1.67. The Bertz CT molecular complexity index is 1820. The van der Waals surface area contributed by atoms with Crippen LogP contribution < -0.4 is 29.7 Å². The number of amides is 1. The first-order chi connectivity index (χ1) is 19.7. The van der Waals surface area contributed by atoms with E-state index >= 15 is 0 Å². The van der Waals surface area contributed by atoms with E-state index in [0.717, 1.165) is 11.1 Å². The molecule has 9 heteroatoms. The minimum Gasteiger partial charge on any atom is -0.493 e. The summed E-state index contributed by atoms with van der Waals surface area (Å²) in [5.74, 6) is 0.611. The number of benzene rings is 3. The summed E-state index contributed by atoms with van der Waals surface area (Å²) in [6, 6.07) is 19.9. The number of para-hydroxylation sites is 1. The van der Waals surface area contributed by atoms with Crippen molar-refractivity contribution in [3.8, 4) is 11.5 Å². The fraction of sp³-hybridized carbons (Fsp3) is 0.219. The molecule has 0 saturated heterocycles. The molecule has 1 aliphatic rings. The molecular weight excluding hydrogens is 558 g/mol. The largest absolute Gasteiger partial charge is 0.493 e. The van der Waals surface area contributed by atoms with E-state index in [2.05, 4.69) is 5.32 Å². The average Bonchev–Trinajstić information content (AvgIpc) is 3.24. The number of carbonyl (C=O) groups is 1. The van der Waals surface area contributed by atoms with E-state index in [9.17, 15) is 9.59 Å². The summed E-state index contributed by atoms with van der Waals surface area (Å²) in [4.78, 5) is 32.9. The minimum atomic E-state index is -0.655. The summed E-state index contributed by atoms with van der Waals surface area (Å²) in [7, 11) is 1.54. The number of hydrogen-bond donors (Lipinski definition) is 1. The van der Waals surface area contributed by atoms with Crippen LogP contribution in [-0.2, 0) is 4.79 Å². The Morgan fingerprint density at radius 2 is 1.80 bits per heavy atom. The van der Waals surface area contributed by atoms with Gasteiger partial charge in [0.1, 0.15) is 0 Å². The number of methoxy groups -OCH3 is 1. The summed E-state index contributed by atoms with van der Waals surface area (Å²) >= 11 is 7.81. The number of nitrogens with zero attached hydrogens (tertiary/aromatic N) is 2. The van der Waals surface area contributed by atoms with E-state index in [1.807, 2.05) is 75.4 Å². The van der Waals surface area contributed by atoms with Crippen LogP contribution in [0.25, 0.3) is 6.08 Å². The highest BCUT2D eigenvalue weighted by Crippen LogP contribution is 2.37. The zero-order valence-electron chi connectivity index (χ0n) is 23.4. The lowest BCUT2D eigenvalue weighted by molar-refractivity contribution is -0.113. The Kier molecular flexibility index (Phi) is 8.15. The molecule has 7 nitrogen and oxygen atoms in total. The number of halogens is 1. The first kappa shape index (κ1) is 28.4. The number of anilines is 1. The Hall–Kier alpha value is -4.14. The van der Waals surface area contributed by atoms with Crippen molar-refractivity contribution in [3.63, 3.8) is 0 Å². The van der Waals surface area contributed by atoms with E-state index in [1.165, 1.54) is 11.3 Å². The zero-order valence-corrected chi connectivity index (χ0v) is 25.0. The van der Waals surface area contributed by atoms with Gasteiger partial charge in [-0.3, -0.25) is 14.2 Å². The van der Waals surface area contributed by atoms with Gasteiger partial charge in [-0.2, -0.15) is 0 Å². The fourth-order valence-corrected chi connectivity index (χ4v) is 6.03. The van der Waals surface area contributed by atoms with Crippen molar-refractivity contribution in [1.82, 2.24) is 4.57 Å². The Balaban J connectivity index is 1.65. The van der Waals surface area contributed by atoms with Crippen LogP contribution in [0.3, 0.4) is 0 Å². The van der Waals surface area contributed by atoms with Crippen LogP contribution in [0.15, 0.2) is 87.8 Å². The highest BCUT2D eigenvalue weighted by molar-refractivity contribution is 7.07. The lowest BCUT2D eigenvalue weighted by atomic mass is 9.94. The van der Waals surface area contributed by atoms with Gasteiger partial charge in [0, 0.05) is 5.69 Å². The molecule has 5 rings (SSSR count). The second-order valence-corrected chi connectivity index (χ2v) is 11.4. The molecule has 210 valence electrons. The van der Waals surface area contributed by atoms with Gasteiger partial charge in [0.15, 0.2) is 16.3 Å². The predicted octanol–water partition coefficient (Wildman–Crippen LogP) is 5.63. The van der Waals surface area contributed by atoms with Crippen molar-refractivity contribution in [2.24, 2.45) is 4.99 Å². The first-order valence-electron chi connectivity index (χ1n) is 13.2. The molecule has 0 saturated carbocycles. The minimum absolute atomic E-state index is 0.0887. The normalized spacial score (nSPS) is 15.0. The topological polar surface area (TPSA) is 81.9 Å². The number of rotatable bonds is 7.